The topological polar surface area (TPSA) is 41.3 Å². The molecule has 0 saturated carbocycles. The molecule has 2 rings (SSSR count). The van der Waals surface area contributed by atoms with Gasteiger partial charge in [-0.3, -0.25) is 4.90 Å². The van der Waals surface area contributed by atoms with Gasteiger partial charge in [0.25, 0.3) is 0 Å². The summed E-state index contributed by atoms with van der Waals surface area (Å²) >= 11 is 0. The molecule has 1 N–H and O–H groups in total. The molecule has 1 aliphatic rings. The predicted molar refractivity (Wildman–Crippen MR) is 72.6 cm³/mol. The van der Waals surface area contributed by atoms with E-state index in [1.54, 1.807) is 0 Å². The van der Waals surface area contributed by atoms with Crippen LogP contribution in [0.3, 0.4) is 0 Å². The van der Waals surface area contributed by atoms with Crippen molar-refractivity contribution >= 4 is 0 Å². The van der Waals surface area contributed by atoms with E-state index in [1.165, 1.54) is 32.2 Å². The Morgan fingerprint density at radius 2 is 2.22 bits per heavy atom. The maximum Gasteiger partial charge on any atom is 0.208 e. The average Bonchev–Trinajstić information content (AvgIpc) is 2.67. The minimum Gasteiger partial charge on any atom is -0.444 e. The first-order valence-electron chi connectivity index (χ1n) is 7.02. The summed E-state index contributed by atoms with van der Waals surface area (Å²) in [5, 5.41) is 3.25. The molecule has 0 spiro atoms. The van der Waals surface area contributed by atoms with Crippen LogP contribution in [0.15, 0.2) is 4.42 Å². The van der Waals surface area contributed by atoms with E-state index in [1.807, 2.05) is 20.9 Å². The van der Waals surface area contributed by atoms with Crippen molar-refractivity contribution in [2.45, 2.75) is 52.1 Å². The summed E-state index contributed by atoms with van der Waals surface area (Å²) in [6.45, 7) is 7.13. The Balaban J connectivity index is 1.96. The molecule has 102 valence electrons. The van der Waals surface area contributed by atoms with Gasteiger partial charge in [0.2, 0.25) is 5.89 Å². The number of hydrogen-bond donors (Lipinski definition) is 1. The SMILES string of the molecule is CNCCC1CCCCN1Cc1nc(C)c(C)o1. The van der Waals surface area contributed by atoms with E-state index in [0.29, 0.717) is 6.04 Å². The zero-order valence-corrected chi connectivity index (χ0v) is 11.8. The second-order valence-corrected chi connectivity index (χ2v) is 5.26. The lowest BCUT2D eigenvalue weighted by molar-refractivity contribution is 0.120. The van der Waals surface area contributed by atoms with E-state index in [2.05, 4.69) is 15.2 Å². The number of piperidine rings is 1. The Labute approximate surface area is 110 Å². The van der Waals surface area contributed by atoms with Crippen LogP contribution >= 0.6 is 0 Å². The zero-order chi connectivity index (χ0) is 13.0. The van der Waals surface area contributed by atoms with Gasteiger partial charge in [0.05, 0.1) is 12.2 Å². The normalized spacial score (nSPS) is 21.4. The monoisotopic (exact) mass is 251 g/mol. The molecular weight excluding hydrogens is 226 g/mol. The van der Waals surface area contributed by atoms with Crippen molar-refractivity contribution in [3.05, 3.63) is 17.3 Å². The Hall–Kier alpha value is -0.870. The van der Waals surface area contributed by atoms with Gasteiger partial charge >= 0.3 is 0 Å². The molecule has 0 amide bonds. The molecule has 0 aliphatic carbocycles. The van der Waals surface area contributed by atoms with Crippen molar-refractivity contribution in [2.24, 2.45) is 0 Å². The van der Waals surface area contributed by atoms with Crippen LogP contribution in [0.1, 0.15) is 43.0 Å². The number of rotatable bonds is 5. The zero-order valence-electron chi connectivity index (χ0n) is 11.8. The molecule has 0 radical (unpaired) electrons. The molecule has 1 aliphatic heterocycles. The summed E-state index contributed by atoms with van der Waals surface area (Å²) in [6.07, 6.45) is 5.18. The van der Waals surface area contributed by atoms with Crippen LogP contribution in [-0.4, -0.2) is 36.1 Å². The first kappa shape index (κ1) is 13.6. The van der Waals surface area contributed by atoms with Gasteiger partial charge in [-0.2, -0.15) is 0 Å². The molecule has 1 aromatic rings. The maximum absolute atomic E-state index is 5.70. The van der Waals surface area contributed by atoms with Gasteiger partial charge in [-0.05, 0) is 53.2 Å². The van der Waals surface area contributed by atoms with Gasteiger partial charge in [-0.25, -0.2) is 4.98 Å². The summed E-state index contributed by atoms with van der Waals surface area (Å²) in [7, 11) is 2.02. The molecule has 1 unspecified atom stereocenters. The fourth-order valence-corrected chi connectivity index (χ4v) is 2.69. The van der Waals surface area contributed by atoms with Crippen molar-refractivity contribution in [1.29, 1.82) is 0 Å². The molecule has 2 heterocycles. The highest BCUT2D eigenvalue weighted by Crippen LogP contribution is 2.22. The fourth-order valence-electron chi connectivity index (χ4n) is 2.69. The third-order valence-electron chi connectivity index (χ3n) is 3.89. The predicted octanol–water partition coefficient (Wildman–Crippen LogP) is 2.26. The van der Waals surface area contributed by atoms with Crippen molar-refractivity contribution in [3.63, 3.8) is 0 Å². The van der Waals surface area contributed by atoms with E-state index >= 15 is 0 Å². The second-order valence-electron chi connectivity index (χ2n) is 5.26. The van der Waals surface area contributed by atoms with Crippen LogP contribution in [0.5, 0.6) is 0 Å². The Morgan fingerprint density at radius 1 is 1.39 bits per heavy atom. The number of nitrogens with one attached hydrogen (secondary N) is 1. The first-order chi connectivity index (χ1) is 8.70. The quantitative estimate of drug-likeness (QED) is 0.871. The number of nitrogens with zero attached hydrogens (tertiary/aromatic N) is 2. The summed E-state index contributed by atoms with van der Waals surface area (Å²) in [5.74, 6) is 1.83. The lowest BCUT2D eigenvalue weighted by atomic mass is 9.99. The molecule has 1 aromatic heterocycles. The minimum absolute atomic E-state index is 0.679. The van der Waals surface area contributed by atoms with Crippen LogP contribution in [-0.2, 0) is 6.54 Å². The first-order valence-corrected chi connectivity index (χ1v) is 7.02. The fraction of sp³-hybridized carbons (Fsp3) is 0.786. The summed E-state index contributed by atoms with van der Waals surface area (Å²) in [5.41, 5.74) is 1.02. The lowest BCUT2D eigenvalue weighted by Gasteiger charge is -2.34. The molecule has 4 heteroatoms. The van der Waals surface area contributed by atoms with Crippen LogP contribution < -0.4 is 5.32 Å². The van der Waals surface area contributed by atoms with Crippen molar-refractivity contribution < 1.29 is 4.42 Å². The Bertz CT molecular complexity index is 356. The Morgan fingerprint density at radius 3 is 2.89 bits per heavy atom. The number of aryl methyl sites for hydroxylation is 2. The van der Waals surface area contributed by atoms with Gasteiger partial charge in [-0.1, -0.05) is 6.42 Å². The number of aromatic nitrogens is 1. The molecule has 18 heavy (non-hydrogen) atoms. The van der Waals surface area contributed by atoms with E-state index < -0.39 is 0 Å². The lowest BCUT2D eigenvalue weighted by Crippen LogP contribution is -2.40. The second kappa shape index (κ2) is 6.34. The van der Waals surface area contributed by atoms with Crippen molar-refractivity contribution in [3.8, 4) is 0 Å². The number of hydrogen-bond acceptors (Lipinski definition) is 4. The van der Waals surface area contributed by atoms with Crippen LogP contribution in [0.25, 0.3) is 0 Å². The molecule has 1 atom stereocenters. The summed E-state index contributed by atoms with van der Waals surface area (Å²) in [4.78, 5) is 7.03. The summed E-state index contributed by atoms with van der Waals surface area (Å²) in [6, 6.07) is 0.679. The molecule has 1 saturated heterocycles. The van der Waals surface area contributed by atoms with Crippen LogP contribution in [0.2, 0.25) is 0 Å². The summed E-state index contributed by atoms with van der Waals surface area (Å²) < 4.78 is 5.70. The van der Waals surface area contributed by atoms with Crippen LogP contribution in [0, 0.1) is 13.8 Å². The molecule has 1 fully saturated rings. The highest BCUT2D eigenvalue weighted by atomic mass is 16.4. The van der Waals surface area contributed by atoms with Gasteiger partial charge in [0.1, 0.15) is 5.76 Å². The van der Waals surface area contributed by atoms with Gasteiger partial charge in [0, 0.05) is 6.04 Å². The molecule has 0 bridgehead atoms. The largest absolute Gasteiger partial charge is 0.444 e. The Kier molecular flexibility index (Phi) is 4.78. The maximum atomic E-state index is 5.70. The number of likely N-dealkylation sites (tertiary alicyclic amines) is 1. The van der Waals surface area contributed by atoms with Crippen molar-refractivity contribution in [2.75, 3.05) is 20.1 Å². The van der Waals surface area contributed by atoms with Gasteiger partial charge in [-0.15, -0.1) is 0 Å². The smallest absolute Gasteiger partial charge is 0.208 e. The van der Waals surface area contributed by atoms with Crippen molar-refractivity contribution in [1.82, 2.24) is 15.2 Å². The molecule has 0 aromatic carbocycles. The molecular formula is C14H25N3O. The highest BCUT2D eigenvalue weighted by molar-refractivity contribution is 5.05. The van der Waals surface area contributed by atoms with E-state index in [-0.39, 0.29) is 0 Å². The molecule has 4 nitrogen and oxygen atoms in total. The van der Waals surface area contributed by atoms with E-state index in [4.69, 9.17) is 4.42 Å². The van der Waals surface area contributed by atoms with Gasteiger partial charge < -0.3 is 9.73 Å². The number of oxazole rings is 1. The third-order valence-corrected chi connectivity index (χ3v) is 3.89. The van der Waals surface area contributed by atoms with Crippen LogP contribution in [0.4, 0.5) is 0 Å². The standard InChI is InChI=1S/C14H25N3O/c1-11-12(2)18-14(16-11)10-17-9-5-4-6-13(17)7-8-15-3/h13,15H,4-10H2,1-3H3. The third kappa shape index (κ3) is 3.33. The minimum atomic E-state index is 0.679. The highest BCUT2D eigenvalue weighted by Gasteiger charge is 2.23. The average molecular weight is 251 g/mol. The van der Waals surface area contributed by atoms with E-state index in [0.717, 1.165) is 30.4 Å². The van der Waals surface area contributed by atoms with E-state index in [9.17, 15) is 0 Å². The van der Waals surface area contributed by atoms with Gasteiger partial charge in [0.15, 0.2) is 0 Å².